The molecule has 0 aliphatic carbocycles. The third-order valence-electron chi connectivity index (χ3n) is 2.56. The van der Waals surface area contributed by atoms with Gasteiger partial charge in [-0.05, 0) is 12.1 Å². The highest BCUT2D eigenvalue weighted by molar-refractivity contribution is 6.35. The molecule has 0 aliphatic heterocycles. The van der Waals surface area contributed by atoms with Crippen molar-refractivity contribution in [2.24, 2.45) is 0 Å². The number of benzene rings is 1. The van der Waals surface area contributed by atoms with Gasteiger partial charge in [-0.15, -0.1) is 0 Å². The average molecular weight is 249 g/mol. The van der Waals surface area contributed by atoms with Gasteiger partial charge in [0, 0.05) is 6.07 Å². The Labute approximate surface area is 102 Å². The predicted octanol–water partition coefficient (Wildman–Crippen LogP) is 2.31. The highest BCUT2D eigenvalue weighted by Gasteiger charge is 2.12. The van der Waals surface area contributed by atoms with Crippen LogP contribution < -0.4 is 5.73 Å². The summed E-state index contributed by atoms with van der Waals surface area (Å²) in [5.74, 6) is 0.413. The molecule has 2 heterocycles. The van der Waals surface area contributed by atoms with Gasteiger partial charge in [0.2, 0.25) is 5.95 Å². The van der Waals surface area contributed by atoms with Crippen LogP contribution in [0.3, 0.4) is 0 Å². The number of fused-ring (bicyclic) bond motifs is 1. The molecule has 3 rings (SSSR count). The molecule has 3 aromatic rings. The van der Waals surface area contributed by atoms with Crippen LogP contribution in [-0.2, 0) is 6.54 Å². The van der Waals surface area contributed by atoms with Gasteiger partial charge in [0.25, 0.3) is 0 Å². The molecule has 86 valence electrons. The number of hydrogen-bond acceptors (Lipinski definition) is 4. The molecular weight excluding hydrogens is 240 g/mol. The van der Waals surface area contributed by atoms with Crippen molar-refractivity contribution in [2.45, 2.75) is 6.54 Å². The zero-order valence-electron chi connectivity index (χ0n) is 8.80. The van der Waals surface area contributed by atoms with E-state index < -0.39 is 0 Å². The van der Waals surface area contributed by atoms with Crippen LogP contribution in [-0.4, -0.2) is 14.7 Å². The average Bonchev–Trinajstić information content (AvgIpc) is 2.89. The van der Waals surface area contributed by atoms with E-state index in [1.54, 1.807) is 6.07 Å². The van der Waals surface area contributed by atoms with E-state index in [4.69, 9.17) is 21.9 Å². The lowest BCUT2D eigenvalue weighted by molar-refractivity contribution is 0.410. The van der Waals surface area contributed by atoms with Crippen molar-refractivity contribution in [2.75, 3.05) is 5.73 Å². The molecule has 0 saturated heterocycles. The molecule has 0 unspecified atom stereocenters. The first-order chi connectivity index (χ1) is 8.25. The van der Waals surface area contributed by atoms with E-state index in [1.807, 2.05) is 22.8 Å². The Kier molecular flexibility index (Phi) is 2.26. The summed E-state index contributed by atoms with van der Waals surface area (Å²) in [6.07, 6.45) is 1.52. The van der Waals surface area contributed by atoms with Gasteiger partial charge in [0.15, 0.2) is 0 Å². The summed E-state index contributed by atoms with van der Waals surface area (Å²) in [6, 6.07) is 7.31. The van der Waals surface area contributed by atoms with Crippen LogP contribution in [0.2, 0.25) is 5.02 Å². The molecule has 6 heteroatoms. The van der Waals surface area contributed by atoms with Crippen LogP contribution in [0.1, 0.15) is 5.69 Å². The van der Waals surface area contributed by atoms with Crippen molar-refractivity contribution in [3.05, 3.63) is 41.2 Å². The lowest BCUT2D eigenvalue weighted by Crippen LogP contribution is -2.04. The van der Waals surface area contributed by atoms with Gasteiger partial charge in [0.05, 0.1) is 22.6 Å². The van der Waals surface area contributed by atoms with E-state index in [2.05, 4.69) is 10.1 Å². The number of para-hydroxylation sites is 1. The minimum absolute atomic E-state index is 0.413. The number of halogens is 1. The Hall–Kier alpha value is -2.01. The number of aromatic nitrogens is 3. The van der Waals surface area contributed by atoms with E-state index >= 15 is 0 Å². The van der Waals surface area contributed by atoms with E-state index in [1.165, 1.54) is 6.26 Å². The molecule has 1 aromatic carbocycles. The molecule has 0 saturated carbocycles. The quantitative estimate of drug-likeness (QED) is 0.756. The fourth-order valence-electron chi connectivity index (χ4n) is 1.80. The summed E-state index contributed by atoms with van der Waals surface area (Å²) in [6.45, 7) is 0.489. The van der Waals surface area contributed by atoms with Gasteiger partial charge in [-0.3, -0.25) is 0 Å². The van der Waals surface area contributed by atoms with Gasteiger partial charge < -0.3 is 14.8 Å². The van der Waals surface area contributed by atoms with E-state index in [0.29, 0.717) is 17.5 Å². The highest BCUT2D eigenvalue weighted by atomic mass is 35.5. The summed E-state index contributed by atoms with van der Waals surface area (Å²) in [7, 11) is 0. The topological polar surface area (TPSA) is 69.9 Å². The maximum atomic E-state index is 6.16. The van der Waals surface area contributed by atoms with Crippen molar-refractivity contribution < 1.29 is 4.52 Å². The van der Waals surface area contributed by atoms with Crippen molar-refractivity contribution >= 4 is 28.6 Å². The van der Waals surface area contributed by atoms with Crippen molar-refractivity contribution in [3.8, 4) is 0 Å². The number of rotatable bonds is 2. The van der Waals surface area contributed by atoms with Crippen LogP contribution in [0.4, 0.5) is 5.95 Å². The first-order valence-electron chi connectivity index (χ1n) is 5.05. The van der Waals surface area contributed by atoms with Gasteiger partial charge in [-0.25, -0.2) is 4.98 Å². The van der Waals surface area contributed by atoms with Gasteiger partial charge in [-0.2, -0.15) is 0 Å². The molecule has 0 aliphatic rings. The van der Waals surface area contributed by atoms with E-state index in [0.717, 1.165) is 16.7 Å². The van der Waals surface area contributed by atoms with Crippen LogP contribution in [0, 0.1) is 0 Å². The third-order valence-corrected chi connectivity index (χ3v) is 2.86. The third kappa shape index (κ3) is 1.64. The second-order valence-electron chi connectivity index (χ2n) is 3.65. The lowest BCUT2D eigenvalue weighted by Gasteiger charge is -2.04. The second-order valence-corrected chi connectivity index (χ2v) is 4.06. The molecule has 17 heavy (non-hydrogen) atoms. The van der Waals surface area contributed by atoms with Crippen molar-refractivity contribution in [3.63, 3.8) is 0 Å². The molecule has 0 atom stereocenters. The van der Waals surface area contributed by atoms with Gasteiger partial charge in [-0.1, -0.05) is 22.8 Å². The number of anilines is 1. The fourth-order valence-corrected chi connectivity index (χ4v) is 2.07. The van der Waals surface area contributed by atoms with Crippen LogP contribution >= 0.6 is 11.6 Å². The maximum Gasteiger partial charge on any atom is 0.201 e. The normalized spacial score (nSPS) is 11.1. The highest BCUT2D eigenvalue weighted by Crippen LogP contribution is 2.26. The molecule has 0 fully saturated rings. The van der Waals surface area contributed by atoms with E-state index in [9.17, 15) is 0 Å². The molecule has 0 bridgehead atoms. The minimum Gasteiger partial charge on any atom is -0.369 e. The van der Waals surface area contributed by atoms with Crippen molar-refractivity contribution in [1.29, 1.82) is 0 Å². The smallest absolute Gasteiger partial charge is 0.201 e. The molecular formula is C11H9ClN4O. The van der Waals surface area contributed by atoms with Gasteiger partial charge >= 0.3 is 0 Å². The number of nitrogens with zero attached hydrogens (tertiary/aromatic N) is 3. The lowest BCUT2D eigenvalue weighted by atomic mass is 10.3. The van der Waals surface area contributed by atoms with Crippen LogP contribution in [0.15, 0.2) is 35.1 Å². The number of hydrogen-bond donors (Lipinski definition) is 1. The summed E-state index contributed by atoms with van der Waals surface area (Å²) in [5, 5.41) is 4.47. The Morgan fingerprint density at radius 3 is 3.00 bits per heavy atom. The van der Waals surface area contributed by atoms with Crippen LogP contribution in [0.25, 0.3) is 11.0 Å². The predicted molar refractivity (Wildman–Crippen MR) is 64.8 cm³/mol. The molecule has 0 radical (unpaired) electrons. The molecule has 5 nitrogen and oxygen atoms in total. The second kappa shape index (κ2) is 3.78. The number of nitrogens with two attached hydrogens (primary N) is 1. The Morgan fingerprint density at radius 1 is 1.35 bits per heavy atom. The summed E-state index contributed by atoms with van der Waals surface area (Å²) >= 11 is 6.16. The molecule has 0 spiro atoms. The first kappa shape index (κ1) is 10.2. The largest absolute Gasteiger partial charge is 0.369 e. The SMILES string of the molecule is Nc1nc2cccc(Cl)c2n1Cc1ccon1. The van der Waals surface area contributed by atoms with Crippen LogP contribution in [0.5, 0.6) is 0 Å². The monoisotopic (exact) mass is 248 g/mol. The van der Waals surface area contributed by atoms with Crippen molar-refractivity contribution in [1.82, 2.24) is 14.7 Å². The molecule has 0 amide bonds. The minimum atomic E-state index is 0.413. The maximum absolute atomic E-state index is 6.16. The standard InChI is InChI=1S/C11H9ClN4O/c12-8-2-1-3-9-10(8)16(11(13)14-9)6-7-4-5-17-15-7/h1-5H,6H2,(H2,13,14). The van der Waals surface area contributed by atoms with E-state index in [-0.39, 0.29) is 0 Å². The number of nitrogen functional groups attached to an aromatic ring is 1. The van der Waals surface area contributed by atoms with Gasteiger partial charge in [0.1, 0.15) is 12.0 Å². The zero-order chi connectivity index (χ0) is 11.8. The molecule has 2 N–H and O–H groups in total. The Balaban J connectivity index is 2.18. The zero-order valence-corrected chi connectivity index (χ0v) is 9.55. The summed E-state index contributed by atoms with van der Waals surface area (Å²) < 4.78 is 6.60. The Bertz CT molecular complexity index is 659. The molecule has 2 aromatic heterocycles. The first-order valence-corrected chi connectivity index (χ1v) is 5.43. The summed E-state index contributed by atoms with van der Waals surface area (Å²) in [5.41, 5.74) is 8.24. The Morgan fingerprint density at radius 2 is 2.24 bits per heavy atom. The fraction of sp³-hybridized carbons (Fsp3) is 0.0909. The number of imidazole rings is 1. The summed E-state index contributed by atoms with van der Waals surface area (Å²) in [4.78, 5) is 4.25.